The van der Waals surface area contributed by atoms with E-state index in [0.29, 0.717) is 19.0 Å². The molecule has 0 N–H and O–H groups in total. The van der Waals surface area contributed by atoms with Gasteiger partial charge in [-0.3, -0.25) is 4.18 Å². The summed E-state index contributed by atoms with van der Waals surface area (Å²) < 4.78 is 44.8. The molecule has 1 aliphatic rings. The van der Waals surface area contributed by atoms with Crippen molar-refractivity contribution in [1.82, 2.24) is 0 Å². The number of hydrogen-bond acceptors (Lipinski definition) is 6. The summed E-state index contributed by atoms with van der Waals surface area (Å²) in [5.74, 6) is 0.492. The van der Waals surface area contributed by atoms with E-state index in [2.05, 4.69) is 20.1 Å². The lowest BCUT2D eigenvalue weighted by molar-refractivity contribution is -0.139. The van der Waals surface area contributed by atoms with Gasteiger partial charge >= 0.3 is 0 Å². The lowest BCUT2D eigenvalue weighted by Crippen LogP contribution is -2.42. The van der Waals surface area contributed by atoms with Gasteiger partial charge in [0.05, 0.1) is 26.4 Å². The van der Waals surface area contributed by atoms with Crippen LogP contribution in [0.2, 0.25) is 0 Å². The number of ether oxygens (including phenoxy) is 3. The van der Waals surface area contributed by atoms with Gasteiger partial charge in [0.25, 0.3) is 10.1 Å². The second-order valence-electron chi connectivity index (χ2n) is 4.57. The van der Waals surface area contributed by atoms with E-state index in [-0.39, 0.29) is 18.5 Å². The summed E-state index contributed by atoms with van der Waals surface area (Å²) in [5.41, 5.74) is 0. The van der Waals surface area contributed by atoms with Crippen LogP contribution >= 0.6 is 15.9 Å². The van der Waals surface area contributed by atoms with Gasteiger partial charge in [0.2, 0.25) is 0 Å². The van der Waals surface area contributed by atoms with E-state index in [4.69, 9.17) is 14.2 Å². The van der Waals surface area contributed by atoms with Gasteiger partial charge in [0.1, 0.15) is 24.2 Å². The molecule has 8 heteroatoms. The van der Waals surface area contributed by atoms with Crippen molar-refractivity contribution in [1.29, 1.82) is 0 Å². The predicted molar refractivity (Wildman–Crippen MR) is 79.9 cm³/mol. The molecule has 1 heterocycles. The molecule has 0 amide bonds. The molecule has 0 spiro atoms. The Morgan fingerprint density at radius 3 is 2.57 bits per heavy atom. The van der Waals surface area contributed by atoms with Crippen molar-refractivity contribution in [3.63, 3.8) is 0 Å². The molecule has 0 aromatic heterocycles. The third-order valence-electron chi connectivity index (χ3n) is 2.89. The fraction of sp³-hybridized carbons (Fsp3) is 0.538. The van der Waals surface area contributed by atoms with Crippen LogP contribution in [0, 0.1) is 0 Å². The average Bonchev–Trinajstić information content (AvgIpc) is 2.47. The second-order valence-corrected chi connectivity index (χ2v) is 7.27. The zero-order valence-corrected chi connectivity index (χ0v) is 13.9. The van der Waals surface area contributed by atoms with Crippen LogP contribution in [0.1, 0.15) is 0 Å². The van der Waals surface area contributed by atoms with Crippen molar-refractivity contribution >= 4 is 26.0 Å². The second kappa shape index (κ2) is 7.55. The Hall–Kier alpha value is -0.670. The SMILES string of the molecule is COS(=O)(=O)CC1COC[C@@H](COc2ccc(Br)cc2)O1. The Bertz CT molecular complexity index is 544. The molecule has 6 nitrogen and oxygen atoms in total. The minimum absolute atomic E-state index is 0.224. The Morgan fingerprint density at radius 1 is 1.24 bits per heavy atom. The van der Waals surface area contributed by atoms with Crippen molar-refractivity contribution in [3.05, 3.63) is 28.7 Å². The van der Waals surface area contributed by atoms with Gasteiger partial charge < -0.3 is 14.2 Å². The Morgan fingerprint density at radius 2 is 1.90 bits per heavy atom. The van der Waals surface area contributed by atoms with Crippen molar-refractivity contribution in [2.45, 2.75) is 12.2 Å². The third kappa shape index (κ3) is 5.55. The summed E-state index contributed by atoms with van der Waals surface area (Å²) in [6.45, 7) is 0.905. The molecule has 1 unspecified atom stereocenters. The van der Waals surface area contributed by atoms with Crippen LogP contribution in [0.5, 0.6) is 5.75 Å². The van der Waals surface area contributed by atoms with Crippen molar-refractivity contribution < 1.29 is 26.8 Å². The van der Waals surface area contributed by atoms with Gasteiger partial charge in [-0.15, -0.1) is 0 Å². The lowest BCUT2D eigenvalue weighted by atomic mass is 10.3. The highest BCUT2D eigenvalue weighted by Gasteiger charge is 2.28. The minimum atomic E-state index is -3.57. The summed E-state index contributed by atoms with van der Waals surface area (Å²) in [4.78, 5) is 0. The Balaban J connectivity index is 1.82. The van der Waals surface area contributed by atoms with Gasteiger partial charge in [0, 0.05) is 4.47 Å². The van der Waals surface area contributed by atoms with E-state index in [1.165, 1.54) is 0 Å². The zero-order valence-electron chi connectivity index (χ0n) is 11.5. The maximum absolute atomic E-state index is 11.4. The van der Waals surface area contributed by atoms with Crippen LogP contribution in [-0.2, 0) is 23.8 Å². The Kier molecular flexibility index (Phi) is 6.00. The highest BCUT2D eigenvalue weighted by atomic mass is 79.9. The standard InChI is InChI=1S/C13H17BrO6S/c1-17-21(15,16)9-13-7-18-6-12(20-13)8-19-11-4-2-10(14)3-5-11/h2-5,12-13H,6-9H2,1H3/t12-,13?/m0/s1. The Labute approximate surface area is 132 Å². The molecule has 2 atom stereocenters. The first-order valence-electron chi connectivity index (χ1n) is 6.38. The molecule has 2 rings (SSSR count). The van der Waals surface area contributed by atoms with Gasteiger partial charge in [-0.05, 0) is 24.3 Å². The van der Waals surface area contributed by atoms with Crippen LogP contribution in [-0.4, -0.2) is 53.3 Å². The van der Waals surface area contributed by atoms with Crippen LogP contribution in [0.25, 0.3) is 0 Å². The summed E-state index contributed by atoms with van der Waals surface area (Å²) in [6, 6.07) is 7.42. The van der Waals surface area contributed by atoms with E-state index in [9.17, 15) is 8.42 Å². The molecular weight excluding hydrogens is 364 g/mol. The van der Waals surface area contributed by atoms with Crippen LogP contribution in [0.3, 0.4) is 0 Å². The quantitative estimate of drug-likeness (QED) is 0.697. The van der Waals surface area contributed by atoms with Crippen LogP contribution in [0.15, 0.2) is 28.7 Å². The van der Waals surface area contributed by atoms with E-state index < -0.39 is 16.2 Å². The average molecular weight is 381 g/mol. The number of benzene rings is 1. The number of rotatable bonds is 6. The molecular formula is C13H17BrO6S. The molecule has 0 radical (unpaired) electrons. The van der Waals surface area contributed by atoms with Gasteiger partial charge in [-0.2, -0.15) is 8.42 Å². The van der Waals surface area contributed by atoms with Crippen molar-refractivity contribution in [3.8, 4) is 5.75 Å². The van der Waals surface area contributed by atoms with Crippen LogP contribution < -0.4 is 4.74 Å². The third-order valence-corrected chi connectivity index (χ3v) is 4.70. The van der Waals surface area contributed by atoms with Gasteiger partial charge in [-0.1, -0.05) is 15.9 Å². The molecule has 0 bridgehead atoms. The van der Waals surface area contributed by atoms with Crippen molar-refractivity contribution in [2.24, 2.45) is 0 Å². The van der Waals surface area contributed by atoms with E-state index >= 15 is 0 Å². The van der Waals surface area contributed by atoms with Gasteiger partial charge in [-0.25, -0.2) is 0 Å². The monoisotopic (exact) mass is 380 g/mol. The fourth-order valence-corrected chi connectivity index (χ4v) is 2.90. The molecule has 1 aromatic carbocycles. The lowest BCUT2D eigenvalue weighted by Gasteiger charge is -2.29. The first kappa shape index (κ1) is 16.7. The summed E-state index contributed by atoms with van der Waals surface area (Å²) >= 11 is 3.35. The van der Waals surface area contributed by atoms with Crippen molar-refractivity contribution in [2.75, 3.05) is 32.7 Å². The van der Waals surface area contributed by atoms with E-state index in [1.54, 1.807) is 0 Å². The first-order chi connectivity index (χ1) is 9.98. The maximum Gasteiger partial charge on any atom is 0.269 e. The highest BCUT2D eigenvalue weighted by molar-refractivity contribution is 9.10. The topological polar surface area (TPSA) is 71.1 Å². The predicted octanol–water partition coefficient (Wildman–Crippen LogP) is 1.59. The molecule has 1 fully saturated rings. The fourth-order valence-electron chi connectivity index (χ4n) is 1.87. The minimum Gasteiger partial charge on any atom is -0.491 e. The van der Waals surface area contributed by atoms with Gasteiger partial charge in [0.15, 0.2) is 0 Å². The first-order valence-corrected chi connectivity index (χ1v) is 8.75. The molecule has 1 aliphatic heterocycles. The summed E-state index contributed by atoms with van der Waals surface area (Å²) in [6.07, 6.45) is -0.846. The summed E-state index contributed by atoms with van der Waals surface area (Å²) in [7, 11) is -2.43. The van der Waals surface area contributed by atoms with Crippen LogP contribution in [0.4, 0.5) is 0 Å². The molecule has 21 heavy (non-hydrogen) atoms. The highest BCUT2D eigenvalue weighted by Crippen LogP contribution is 2.17. The number of hydrogen-bond donors (Lipinski definition) is 0. The molecule has 0 aliphatic carbocycles. The van der Waals surface area contributed by atoms with E-state index in [0.717, 1.165) is 11.6 Å². The maximum atomic E-state index is 11.4. The normalized spacial score (nSPS) is 23.0. The molecule has 1 aromatic rings. The zero-order chi connectivity index (χ0) is 15.3. The smallest absolute Gasteiger partial charge is 0.269 e. The molecule has 0 saturated carbocycles. The molecule has 1 saturated heterocycles. The number of halogens is 1. The molecule has 118 valence electrons. The summed E-state index contributed by atoms with van der Waals surface area (Å²) in [5, 5.41) is 0. The van der Waals surface area contributed by atoms with E-state index in [1.807, 2.05) is 24.3 Å². The largest absolute Gasteiger partial charge is 0.491 e.